The molecule has 1 heterocycles. The quantitative estimate of drug-likeness (QED) is 0.674. The number of aryl methyl sites for hydroxylation is 2. The monoisotopic (exact) mass is 183 g/mol. The molecule has 66 valence electrons. The van der Waals surface area contributed by atoms with Crippen LogP contribution in [-0.4, -0.2) is 10.7 Å². The summed E-state index contributed by atoms with van der Waals surface area (Å²) >= 11 is 1.75. The predicted octanol–water partition coefficient (Wildman–Crippen LogP) is 2.79. The van der Waals surface area contributed by atoms with Gasteiger partial charge in [0.25, 0.3) is 5.22 Å². The third-order valence-corrected chi connectivity index (χ3v) is 3.21. The third-order valence-electron chi connectivity index (χ3n) is 2.15. The van der Waals surface area contributed by atoms with Gasteiger partial charge in [0.15, 0.2) is 0 Å². The van der Waals surface area contributed by atoms with Crippen LogP contribution >= 0.6 is 11.8 Å². The second-order valence-corrected chi connectivity index (χ2v) is 4.35. The van der Waals surface area contributed by atoms with E-state index >= 15 is 0 Å². The summed E-state index contributed by atoms with van der Waals surface area (Å²) in [5.41, 5.74) is 1.02. The van der Waals surface area contributed by atoms with Crippen molar-refractivity contribution in [1.82, 2.24) is 4.98 Å². The highest BCUT2D eigenvalue weighted by Crippen LogP contribution is 2.35. The molecular weight excluding hydrogens is 170 g/mol. The minimum atomic E-state index is 0.844. The fourth-order valence-corrected chi connectivity index (χ4v) is 2.08. The van der Waals surface area contributed by atoms with Crippen molar-refractivity contribution in [3.8, 4) is 0 Å². The number of aromatic nitrogens is 1. The van der Waals surface area contributed by atoms with Crippen LogP contribution in [0.25, 0.3) is 0 Å². The van der Waals surface area contributed by atoms with Crippen LogP contribution in [0.15, 0.2) is 9.64 Å². The van der Waals surface area contributed by atoms with E-state index < -0.39 is 0 Å². The molecular formula is C9H13NOS. The minimum absolute atomic E-state index is 0.844. The second-order valence-electron chi connectivity index (χ2n) is 3.38. The zero-order valence-electron chi connectivity index (χ0n) is 7.46. The summed E-state index contributed by atoms with van der Waals surface area (Å²) in [4.78, 5) is 4.31. The molecule has 0 bridgehead atoms. The van der Waals surface area contributed by atoms with Gasteiger partial charge in [-0.3, -0.25) is 0 Å². The zero-order chi connectivity index (χ0) is 8.55. The molecule has 1 aliphatic rings. The molecule has 1 aromatic heterocycles. The molecule has 0 amide bonds. The number of hydrogen-bond donors (Lipinski definition) is 0. The van der Waals surface area contributed by atoms with Gasteiger partial charge in [0.2, 0.25) is 0 Å². The first-order valence-corrected chi connectivity index (χ1v) is 5.31. The van der Waals surface area contributed by atoms with Crippen molar-refractivity contribution in [3.05, 3.63) is 11.5 Å². The van der Waals surface area contributed by atoms with E-state index in [0.717, 1.165) is 22.6 Å². The Balaban J connectivity index is 1.93. The van der Waals surface area contributed by atoms with Gasteiger partial charge >= 0.3 is 0 Å². The van der Waals surface area contributed by atoms with Crippen molar-refractivity contribution in [2.75, 3.05) is 5.75 Å². The van der Waals surface area contributed by atoms with Crippen LogP contribution < -0.4 is 0 Å². The Bertz CT molecular complexity index is 259. The highest BCUT2D eigenvalue weighted by atomic mass is 32.2. The second kappa shape index (κ2) is 3.13. The lowest BCUT2D eigenvalue weighted by Gasteiger charge is -1.91. The lowest BCUT2D eigenvalue weighted by molar-refractivity contribution is 0.431. The van der Waals surface area contributed by atoms with Gasteiger partial charge in [-0.05, 0) is 32.6 Å². The van der Waals surface area contributed by atoms with Crippen LogP contribution in [0.2, 0.25) is 0 Å². The number of thioether (sulfide) groups is 1. The fourth-order valence-electron chi connectivity index (χ4n) is 0.979. The van der Waals surface area contributed by atoms with Crippen LogP contribution in [0.4, 0.5) is 0 Å². The maximum absolute atomic E-state index is 5.44. The van der Waals surface area contributed by atoms with Crippen molar-refractivity contribution in [2.45, 2.75) is 31.9 Å². The van der Waals surface area contributed by atoms with Gasteiger partial charge < -0.3 is 4.42 Å². The van der Waals surface area contributed by atoms with Crippen LogP contribution in [0.3, 0.4) is 0 Å². The first-order valence-electron chi connectivity index (χ1n) is 4.32. The molecule has 0 aliphatic heterocycles. The van der Waals surface area contributed by atoms with E-state index in [9.17, 15) is 0 Å². The molecule has 1 fully saturated rings. The summed E-state index contributed by atoms with van der Waals surface area (Å²) in [6, 6.07) is 0. The molecule has 2 nitrogen and oxygen atoms in total. The van der Waals surface area contributed by atoms with E-state index in [2.05, 4.69) is 4.98 Å². The Morgan fingerprint density at radius 2 is 2.25 bits per heavy atom. The van der Waals surface area contributed by atoms with E-state index in [1.807, 2.05) is 13.8 Å². The average molecular weight is 183 g/mol. The Labute approximate surface area is 76.8 Å². The Hall–Kier alpha value is -0.440. The van der Waals surface area contributed by atoms with Gasteiger partial charge in [-0.1, -0.05) is 11.8 Å². The highest BCUT2D eigenvalue weighted by molar-refractivity contribution is 7.99. The molecule has 0 N–H and O–H groups in total. The molecule has 0 unspecified atom stereocenters. The fraction of sp³-hybridized carbons (Fsp3) is 0.667. The van der Waals surface area contributed by atoms with Crippen molar-refractivity contribution in [2.24, 2.45) is 5.92 Å². The van der Waals surface area contributed by atoms with Gasteiger partial charge in [0, 0.05) is 5.75 Å². The Kier molecular flexibility index (Phi) is 2.13. The summed E-state index contributed by atoms with van der Waals surface area (Å²) < 4.78 is 5.44. The maximum atomic E-state index is 5.44. The number of oxazole rings is 1. The molecule has 0 saturated heterocycles. The van der Waals surface area contributed by atoms with Gasteiger partial charge in [-0.25, -0.2) is 4.98 Å². The molecule has 0 radical (unpaired) electrons. The predicted molar refractivity (Wildman–Crippen MR) is 49.4 cm³/mol. The average Bonchev–Trinajstić information content (AvgIpc) is 2.78. The lowest BCUT2D eigenvalue weighted by atomic mass is 10.4. The molecule has 1 aliphatic carbocycles. The molecule has 12 heavy (non-hydrogen) atoms. The van der Waals surface area contributed by atoms with E-state index in [4.69, 9.17) is 4.42 Å². The summed E-state index contributed by atoms with van der Waals surface area (Å²) in [6.07, 6.45) is 2.79. The van der Waals surface area contributed by atoms with Gasteiger partial charge in [-0.2, -0.15) is 0 Å². The van der Waals surface area contributed by atoms with Crippen LogP contribution in [0, 0.1) is 19.8 Å². The molecule has 0 aromatic carbocycles. The number of nitrogens with zero attached hydrogens (tertiary/aromatic N) is 1. The Morgan fingerprint density at radius 1 is 1.50 bits per heavy atom. The summed E-state index contributed by atoms with van der Waals surface area (Å²) in [6.45, 7) is 3.95. The van der Waals surface area contributed by atoms with Crippen molar-refractivity contribution in [1.29, 1.82) is 0 Å². The zero-order valence-corrected chi connectivity index (χ0v) is 8.28. The molecule has 0 atom stereocenters. The lowest BCUT2D eigenvalue weighted by Crippen LogP contribution is -1.80. The van der Waals surface area contributed by atoms with Crippen molar-refractivity contribution in [3.63, 3.8) is 0 Å². The standard InChI is InChI=1S/C9H13NOS/c1-6-7(2)11-9(10-6)12-5-8-3-4-8/h8H,3-5H2,1-2H3. The molecule has 3 heteroatoms. The van der Waals surface area contributed by atoms with E-state index in [1.54, 1.807) is 11.8 Å². The first kappa shape index (κ1) is 8.17. The first-order chi connectivity index (χ1) is 5.75. The number of rotatable bonds is 3. The third kappa shape index (κ3) is 1.83. The summed E-state index contributed by atoms with van der Waals surface area (Å²) in [5, 5.41) is 0.844. The van der Waals surface area contributed by atoms with Gasteiger partial charge in [0.05, 0.1) is 5.69 Å². The molecule has 1 saturated carbocycles. The Morgan fingerprint density at radius 3 is 2.75 bits per heavy atom. The molecule has 0 spiro atoms. The topological polar surface area (TPSA) is 26.0 Å². The molecule has 2 rings (SSSR count). The van der Waals surface area contributed by atoms with Crippen LogP contribution in [0.1, 0.15) is 24.3 Å². The van der Waals surface area contributed by atoms with Gasteiger partial charge in [0.1, 0.15) is 5.76 Å². The van der Waals surface area contributed by atoms with Gasteiger partial charge in [-0.15, -0.1) is 0 Å². The van der Waals surface area contributed by atoms with E-state index in [0.29, 0.717) is 0 Å². The van der Waals surface area contributed by atoms with Crippen LogP contribution in [-0.2, 0) is 0 Å². The van der Waals surface area contributed by atoms with Crippen molar-refractivity contribution >= 4 is 11.8 Å². The summed E-state index contributed by atoms with van der Waals surface area (Å²) in [5.74, 6) is 3.06. The SMILES string of the molecule is Cc1nc(SCC2CC2)oc1C. The van der Waals surface area contributed by atoms with E-state index in [-0.39, 0.29) is 0 Å². The number of hydrogen-bond acceptors (Lipinski definition) is 3. The van der Waals surface area contributed by atoms with Crippen molar-refractivity contribution < 1.29 is 4.42 Å². The van der Waals surface area contributed by atoms with Crippen LogP contribution in [0.5, 0.6) is 0 Å². The minimum Gasteiger partial charge on any atom is -0.437 e. The van der Waals surface area contributed by atoms with E-state index in [1.165, 1.54) is 18.6 Å². The molecule has 1 aromatic rings. The maximum Gasteiger partial charge on any atom is 0.256 e. The summed E-state index contributed by atoms with van der Waals surface area (Å²) in [7, 11) is 0. The smallest absolute Gasteiger partial charge is 0.256 e. The highest BCUT2D eigenvalue weighted by Gasteiger charge is 2.22. The largest absolute Gasteiger partial charge is 0.437 e. The normalized spacial score (nSPS) is 16.8.